The summed E-state index contributed by atoms with van der Waals surface area (Å²) in [5.41, 5.74) is 1.10. The second kappa shape index (κ2) is 8.77. The molecule has 2 heterocycles. The standard InChI is InChI=1S/C29H17BrFNO4/c30-18-7-5-8-20(15-18)32-26(17-6-4-11-22(14-17)35-21-9-2-1-3-10-21)25-27(33)23-16-19(31)12-13-24(23)36-28(25)29(32)34/h1-16,26H. The first-order valence-corrected chi connectivity index (χ1v) is 12.0. The molecule has 176 valence electrons. The predicted molar refractivity (Wildman–Crippen MR) is 138 cm³/mol. The van der Waals surface area contributed by atoms with E-state index in [1.54, 1.807) is 30.3 Å². The Morgan fingerprint density at radius 1 is 0.833 bits per heavy atom. The highest BCUT2D eigenvalue weighted by atomic mass is 79.9. The summed E-state index contributed by atoms with van der Waals surface area (Å²) in [4.78, 5) is 28.9. The molecule has 4 aromatic carbocycles. The highest BCUT2D eigenvalue weighted by Gasteiger charge is 2.43. The van der Waals surface area contributed by atoms with Gasteiger partial charge in [0.15, 0.2) is 5.43 Å². The number of amides is 1. The maximum atomic E-state index is 14.0. The third kappa shape index (κ3) is 3.78. The fourth-order valence-corrected chi connectivity index (χ4v) is 4.91. The first-order chi connectivity index (χ1) is 17.5. The van der Waals surface area contributed by atoms with E-state index in [9.17, 15) is 14.0 Å². The van der Waals surface area contributed by atoms with Crippen LogP contribution in [0.25, 0.3) is 11.0 Å². The van der Waals surface area contributed by atoms with E-state index in [0.717, 1.165) is 10.5 Å². The minimum Gasteiger partial charge on any atom is -0.457 e. The molecule has 7 heteroatoms. The Labute approximate surface area is 213 Å². The van der Waals surface area contributed by atoms with Crippen LogP contribution in [-0.4, -0.2) is 5.91 Å². The summed E-state index contributed by atoms with van der Waals surface area (Å²) in [6, 6.07) is 26.7. The molecule has 36 heavy (non-hydrogen) atoms. The third-order valence-electron chi connectivity index (χ3n) is 6.07. The first-order valence-electron chi connectivity index (χ1n) is 11.2. The van der Waals surface area contributed by atoms with Crippen LogP contribution >= 0.6 is 15.9 Å². The van der Waals surface area contributed by atoms with Crippen LogP contribution in [0.15, 0.2) is 111 Å². The normalized spacial score (nSPS) is 14.8. The zero-order valence-electron chi connectivity index (χ0n) is 18.7. The Hall–Kier alpha value is -4.23. The molecule has 6 rings (SSSR count). The Kier molecular flexibility index (Phi) is 5.42. The number of hydrogen-bond donors (Lipinski definition) is 0. The molecule has 1 aromatic heterocycles. The smallest absolute Gasteiger partial charge is 0.295 e. The molecule has 1 unspecified atom stereocenters. The van der Waals surface area contributed by atoms with Crippen molar-refractivity contribution in [3.05, 3.63) is 134 Å². The molecule has 0 spiro atoms. The summed E-state index contributed by atoms with van der Waals surface area (Å²) in [5.74, 6) is 0.134. The average molecular weight is 542 g/mol. The number of para-hydroxylation sites is 1. The molecule has 5 nitrogen and oxygen atoms in total. The minimum absolute atomic E-state index is 0.0570. The number of ether oxygens (including phenoxy) is 1. The van der Waals surface area contributed by atoms with Crippen LogP contribution in [0.5, 0.6) is 11.5 Å². The van der Waals surface area contributed by atoms with E-state index >= 15 is 0 Å². The van der Waals surface area contributed by atoms with Crippen molar-refractivity contribution in [3.8, 4) is 11.5 Å². The van der Waals surface area contributed by atoms with Gasteiger partial charge in [0.2, 0.25) is 5.76 Å². The Morgan fingerprint density at radius 3 is 2.42 bits per heavy atom. The van der Waals surface area contributed by atoms with Gasteiger partial charge in [0.05, 0.1) is 17.0 Å². The highest BCUT2D eigenvalue weighted by Crippen LogP contribution is 2.42. The lowest BCUT2D eigenvalue weighted by molar-refractivity contribution is 0.0971. The molecule has 1 aliphatic rings. The highest BCUT2D eigenvalue weighted by molar-refractivity contribution is 9.10. The predicted octanol–water partition coefficient (Wildman–Crippen LogP) is 7.24. The van der Waals surface area contributed by atoms with Crippen molar-refractivity contribution in [2.75, 3.05) is 4.90 Å². The molecule has 0 saturated carbocycles. The van der Waals surface area contributed by atoms with E-state index < -0.39 is 23.2 Å². The van der Waals surface area contributed by atoms with E-state index in [4.69, 9.17) is 9.15 Å². The van der Waals surface area contributed by atoms with Crippen LogP contribution < -0.4 is 15.1 Å². The maximum Gasteiger partial charge on any atom is 0.295 e. The fourth-order valence-electron chi connectivity index (χ4n) is 4.53. The van der Waals surface area contributed by atoms with Gasteiger partial charge in [-0.2, -0.15) is 0 Å². The van der Waals surface area contributed by atoms with Gasteiger partial charge in [0.1, 0.15) is 22.9 Å². The second-order valence-corrected chi connectivity index (χ2v) is 9.28. The van der Waals surface area contributed by atoms with Crippen molar-refractivity contribution in [3.63, 3.8) is 0 Å². The summed E-state index contributed by atoms with van der Waals surface area (Å²) in [5, 5.41) is 0.0827. The number of rotatable bonds is 4. The molecular formula is C29H17BrFNO4. The van der Waals surface area contributed by atoms with E-state index in [1.165, 1.54) is 17.0 Å². The number of halogens is 2. The van der Waals surface area contributed by atoms with Crippen molar-refractivity contribution in [2.45, 2.75) is 6.04 Å². The molecule has 0 bridgehead atoms. The zero-order chi connectivity index (χ0) is 24.8. The molecule has 5 aromatic rings. The van der Waals surface area contributed by atoms with Gasteiger partial charge in [0, 0.05) is 10.2 Å². The number of benzene rings is 4. The Bertz CT molecular complexity index is 1700. The van der Waals surface area contributed by atoms with Gasteiger partial charge in [0.25, 0.3) is 5.91 Å². The van der Waals surface area contributed by atoms with Gasteiger partial charge >= 0.3 is 0 Å². The molecular weight excluding hydrogens is 525 g/mol. The van der Waals surface area contributed by atoms with Gasteiger partial charge in [-0.05, 0) is 66.2 Å². The minimum atomic E-state index is -0.801. The Balaban J connectivity index is 1.56. The quantitative estimate of drug-likeness (QED) is 0.240. The third-order valence-corrected chi connectivity index (χ3v) is 6.56. The van der Waals surface area contributed by atoms with Crippen molar-refractivity contribution in [2.24, 2.45) is 0 Å². The number of hydrogen-bond acceptors (Lipinski definition) is 4. The summed E-state index contributed by atoms with van der Waals surface area (Å²) in [7, 11) is 0. The van der Waals surface area contributed by atoms with E-state index in [0.29, 0.717) is 22.7 Å². The van der Waals surface area contributed by atoms with Crippen molar-refractivity contribution in [1.29, 1.82) is 0 Å². The van der Waals surface area contributed by atoms with Gasteiger partial charge in [-0.1, -0.05) is 52.3 Å². The average Bonchev–Trinajstić information content (AvgIpc) is 3.18. The monoisotopic (exact) mass is 541 g/mol. The molecule has 1 atom stereocenters. The van der Waals surface area contributed by atoms with Gasteiger partial charge < -0.3 is 9.15 Å². The molecule has 0 N–H and O–H groups in total. The van der Waals surface area contributed by atoms with E-state index in [2.05, 4.69) is 15.9 Å². The summed E-state index contributed by atoms with van der Waals surface area (Å²) in [6.07, 6.45) is 0. The molecule has 0 fully saturated rings. The number of anilines is 1. The van der Waals surface area contributed by atoms with Crippen molar-refractivity contribution >= 4 is 38.5 Å². The van der Waals surface area contributed by atoms with Crippen LogP contribution in [0.2, 0.25) is 0 Å². The van der Waals surface area contributed by atoms with Crippen LogP contribution in [0, 0.1) is 5.82 Å². The second-order valence-electron chi connectivity index (χ2n) is 8.36. The number of carbonyl (C=O) groups excluding carboxylic acids is 1. The number of fused-ring (bicyclic) bond motifs is 2. The molecule has 1 amide bonds. The Morgan fingerprint density at radius 2 is 1.61 bits per heavy atom. The van der Waals surface area contributed by atoms with Crippen molar-refractivity contribution < 1.29 is 18.3 Å². The molecule has 0 saturated heterocycles. The lowest BCUT2D eigenvalue weighted by atomic mass is 9.98. The van der Waals surface area contributed by atoms with Crippen LogP contribution in [0.1, 0.15) is 27.7 Å². The number of carbonyl (C=O) groups is 1. The van der Waals surface area contributed by atoms with Gasteiger partial charge in [-0.15, -0.1) is 0 Å². The SMILES string of the molecule is O=C1c2oc3ccc(F)cc3c(=O)c2C(c2cccc(Oc3ccccc3)c2)N1c1cccc(Br)c1. The zero-order valence-corrected chi connectivity index (χ0v) is 20.2. The lowest BCUT2D eigenvalue weighted by Gasteiger charge is -2.25. The summed E-state index contributed by atoms with van der Waals surface area (Å²) >= 11 is 3.46. The molecule has 0 radical (unpaired) electrons. The van der Waals surface area contributed by atoms with Crippen LogP contribution in [0.4, 0.5) is 10.1 Å². The maximum absolute atomic E-state index is 14.0. The van der Waals surface area contributed by atoms with Crippen molar-refractivity contribution in [1.82, 2.24) is 0 Å². The summed E-state index contributed by atoms with van der Waals surface area (Å²) < 4.78 is 26.7. The fraction of sp³-hybridized carbons (Fsp3) is 0.0345. The number of nitrogens with zero attached hydrogens (tertiary/aromatic N) is 1. The largest absolute Gasteiger partial charge is 0.457 e. The topological polar surface area (TPSA) is 59.8 Å². The first kappa shape index (κ1) is 22.2. The lowest BCUT2D eigenvalue weighted by Crippen LogP contribution is -2.29. The van der Waals surface area contributed by atoms with E-state index in [1.807, 2.05) is 48.5 Å². The van der Waals surface area contributed by atoms with Crippen LogP contribution in [-0.2, 0) is 0 Å². The van der Waals surface area contributed by atoms with Crippen LogP contribution in [0.3, 0.4) is 0 Å². The summed E-state index contributed by atoms with van der Waals surface area (Å²) in [6.45, 7) is 0. The molecule has 0 aliphatic carbocycles. The van der Waals surface area contributed by atoms with Gasteiger partial charge in [-0.25, -0.2) is 4.39 Å². The van der Waals surface area contributed by atoms with Gasteiger partial charge in [-0.3, -0.25) is 14.5 Å². The van der Waals surface area contributed by atoms with E-state index in [-0.39, 0.29) is 22.3 Å². The molecule has 1 aliphatic heterocycles.